The molecule has 1 aliphatic heterocycles. The minimum atomic E-state index is -0.521. The normalized spacial score (nSPS) is 20.8. The van der Waals surface area contributed by atoms with Crippen molar-refractivity contribution < 1.29 is 9.31 Å². The van der Waals surface area contributed by atoms with E-state index in [0.717, 1.165) is 11.0 Å². The summed E-state index contributed by atoms with van der Waals surface area (Å²) in [5, 5.41) is 3.40. The van der Waals surface area contributed by atoms with Gasteiger partial charge in [-0.2, -0.15) is 0 Å². The number of hydrogen-bond donors (Lipinski definition) is 1. The molecule has 0 amide bonds. The SMILES string of the molecule is Cn1[nH]c(=O)c2c(B3OC(C)(C)C(C)(C)O3)cccc21. The van der Waals surface area contributed by atoms with Crippen molar-refractivity contribution in [2.75, 3.05) is 0 Å². The fraction of sp³-hybridized carbons (Fsp3) is 0.500. The minimum Gasteiger partial charge on any atom is -0.399 e. The smallest absolute Gasteiger partial charge is 0.399 e. The maximum Gasteiger partial charge on any atom is 0.495 e. The number of aromatic nitrogens is 2. The van der Waals surface area contributed by atoms with Gasteiger partial charge in [0.05, 0.1) is 22.1 Å². The number of fused-ring (bicyclic) bond motifs is 1. The van der Waals surface area contributed by atoms with Crippen molar-refractivity contribution in [2.45, 2.75) is 38.9 Å². The molecule has 1 N–H and O–H groups in total. The van der Waals surface area contributed by atoms with Crippen LogP contribution >= 0.6 is 0 Å². The summed E-state index contributed by atoms with van der Waals surface area (Å²) < 4.78 is 13.8. The fourth-order valence-electron chi connectivity index (χ4n) is 2.52. The summed E-state index contributed by atoms with van der Waals surface area (Å²) in [6.07, 6.45) is 0. The van der Waals surface area contributed by atoms with Crippen molar-refractivity contribution in [1.82, 2.24) is 9.78 Å². The Morgan fingerprint density at radius 1 is 1.15 bits per heavy atom. The van der Waals surface area contributed by atoms with Crippen LogP contribution in [0.4, 0.5) is 0 Å². The van der Waals surface area contributed by atoms with Gasteiger partial charge in [0.2, 0.25) is 0 Å². The van der Waals surface area contributed by atoms with Gasteiger partial charge < -0.3 is 9.31 Å². The van der Waals surface area contributed by atoms with Gasteiger partial charge in [-0.3, -0.25) is 14.6 Å². The molecule has 0 radical (unpaired) electrons. The fourth-order valence-corrected chi connectivity index (χ4v) is 2.52. The van der Waals surface area contributed by atoms with E-state index >= 15 is 0 Å². The zero-order chi connectivity index (χ0) is 14.7. The third kappa shape index (κ3) is 1.75. The van der Waals surface area contributed by atoms with E-state index in [9.17, 15) is 4.79 Å². The highest BCUT2D eigenvalue weighted by Crippen LogP contribution is 2.36. The van der Waals surface area contributed by atoms with E-state index in [1.54, 1.807) is 4.68 Å². The van der Waals surface area contributed by atoms with E-state index in [4.69, 9.17) is 9.31 Å². The molecular formula is C14H19BN2O3. The van der Waals surface area contributed by atoms with Crippen LogP contribution in [-0.4, -0.2) is 28.1 Å². The van der Waals surface area contributed by atoms with E-state index in [1.807, 2.05) is 52.9 Å². The van der Waals surface area contributed by atoms with Gasteiger partial charge in [-0.1, -0.05) is 12.1 Å². The predicted octanol–water partition coefficient (Wildman–Crippen LogP) is 1.17. The molecular weight excluding hydrogens is 255 g/mol. The Labute approximate surface area is 118 Å². The summed E-state index contributed by atoms with van der Waals surface area (Å²) in [4.78, 5) is 12.1. The topological polar surface area (TPSA) is 56.2 Å². The van der Waals surface area contributed by atoms with Gasteiger partial charge in [0.1, 0.15) is 0 Å². The van der Waals surface area contributed by atoms with Crippen LogP contribution in [0, 0.1) is 0 Å². The summed E-state index contributed by atoms with van der Waals surface area (Å²) in [6, 6.07) is 5.71. The number of nitrogens with one attached hydrogen (secondary N) is 1. The summed E-state index contributed by atoms with van der Waals surface area (Å²) in [7, 11) is 1.30. The first-order valence-electron chi connectivity index (χ1n) is 6.76. The molecule has 1 fully saturated rings. The van der Waals surface area contributed by atoms with Gasteiger partial charge in [0, 0.05) is 7.05 Å². The first-order valence-corrected chi connectivity index (χ1v) is 6.76. The Balaban J connectivity index is 2.16. The van der Waals surface area contributed by atoms with Gasteiger partial charge in [-0.05, 0) is 39.2 Å². The molecule has 5 nitrogen and oxygen atoms in total. The molecule has 1 aromatic heterocycles. The molecule has 0 unspecified atom stereocenters. The van der Waals surface area contributed by atoms with E-state index in [2.05, 4.69) is 5.10 Å². The summed E-state index contributed by atoms with van der Waals surface area (Å²) in [5.74, 6) is 0. The third-order valence-corrected chi connectivity index (χ3v) is 4.44. The van der Waals surface area contributed by atoms with Crippen LogP contribution in [0.5, 0.6) is 0 Å². The summed E-state index contributed by atoms with van der Waals surface area (Å²) >= 11 is 0. The largest absolute Gasteiger partial charge is 0.495 e. The minimum absolute atomic E-state index is 0.118. The summed E-state index contributed by atoms with van der Waals surface area (Å²) in [5.41, 5.74) is 0.681. The number of aromatic amines is 1. The molecule has 2 heterocycles. The van der Waals surface area contributed by atoms with Crippen LogP contribution in [0.15, 0.2) is 23.0 Å². The van der Waals surface area contributed by atoms with Crippen molar-refractivity contribution in [1.29, 1.82) is 0 Å². The zero-order valence-electron chi connectivity index (χ0n) is 12.5. The predicted molar refractivity (Wildman–Crippen MR) is 79.3 cm³/mol. The molecule has 106 valence electrons. The highest BCUT2D eigenvalue weighted by Gasteiger charge is 2.52. The van der Waals surface area contributed by atoms with Crippen LogP contribution in [0.2, 0.25) is 0 Å². The lowest BCUT2D eigenvalue weighted by Crippen LogP contribution is -2.41. The lowest BCUT2D eigenvalue weighted by molar-refractivity contribution is 0.00578. The monoisotopic (exact) mass is 274 g/mol. The number of aryl methyl sites for hydroxylation is 1. The molecule has 1 saturated heterocycles. The van der Waals surface area contributed by atoms with Gasteiger partial charge >= 0.3 is 7.12 Å². The highest BCUT2D eigenvalue weighted by atomic mass is 16.7. The average molecular weight is 274 g/mol. The second-order valence-corrected chi connectivity index (χ2v) is 6.33. The Kier molecular flexibility index (Phi) is 2.69. The zero-order valence-corrected chi connectivity index (χ0v) is 12.5. The molecule has 2 aromatic rings. The standard InChI is InChI=1S/C14H19BN2O3/c1-13(2)14(3,4)20-15(19-13)9-7-6-8-10-11(9)12(18)16-17(10)5/h6-8H,1-5H3,(H,16,18). The van der Waals surface area contributed by atoms with Crippen molar-refractivity contribution in [3.05, 3.63) is 28.6 Å². The van der Waals surface area contributed by atoms with Crippen LogP contribution in [0.1, 0.15) is 27.7 Å². The van der Waals surface area contributed by atoms with Crippen molar-refractivity contribution in [3.63, 3.8) is 0 Å². The van der Waals surface area contributed by atoms with Crippen molar-refractivity contribution >= 4 is 23.5 Å². The Bertz CT molecular complexity index is 714. The third-order valence-electron chi connectivity index (χ3n) is 4.44. The Morgan fingerprint density at radius 3 is 2.35 bits per heavy atom. The molecule has 1 aromatic carbocycles. The lowest BCUT2D eigenvalue weighted by Gasteiger charge is -2.32. The number of nitrogens with zero attached hydrogens (tertiary/aromatic N) is 1. The average Bonchev–Trinajstić information content (AvgIpc) is 2.74. The molecule has 0 atom stereocenters. The second-order valence-electron chi connectivity index (χ2n) is 6.33. The Hall–Kier alpha value is -1.53. The van der Waals surface area contributed by atoms with Crippen LogP contribution in [-0.2, 0) is 16.4 Å². The van der Waals surface area contributed by atoms with Crippen LogP contribution in [0.25, 0.3) is 10.9 Å². The molecule has 0 aliphatic carbocycles. The molecule has 0 bridgehead atoms. The first-order chi connectivity index (χ1) is 9.23. The molecule has 6 heteroatoms. The van der Waals surface area contributed by atoms with Crippen molar-refractivity contribution in [2.24, 2.45) is 7.05 Å². The molecule has 0 saturated carbocycles. The highest BCUT2D eigenvalue weighted by molar-refractivity contribution is 6.65. The number of benzene rings is 1. The Morgan fingerprint density at radius 2 is 1.75 bits per heavy atom. The number of H-pyrrole nitrogens is 1. The maximum atomic E-state index is 12.1. The van der Waals surface area contributed by atoms with Gasteiger partial charge in [0.15, 0.2) is 0 Å². The number of rotatable bonds is 1. The number of hydrogen-bond acceptors (Lipinski definition) is 3. The van der Waals surface area contributed by atoms with Gasteiger partial charge in [-0.15, -0.1) is 0 Å². The summed E-state index contributed by atoms with van der Waals surface area (Å²) in [6.45, 7) is 8.01. The second kappa shape index (κ2) is 3.99. The van der Waals surface area contributed by atoms with Crippen molar-refractivity contribution in [3.8, 4) is 0 Å². The quantitative estimate of drug-likeness (QED) is 0.794. The van der Waals surface area contributed by atoms with E-state index < -0.39 is 18.3 Å². The van der Waals surface area contributed by atoms with Crippen LogP contribution in [0.3, 0.4) is 0 Å². The van der Waals surface area contributed by atoms with Gasteiger partial charge in [0.25, 0.3) is 5.56 Å². The van der Waals surface area contributed by atoms with Crippen LogP contribution < -0.4 is 11.0 Å². The van der Waals surface area contributed by atoms with E-state index in [-0.39, 0.29) is 5.56 Å². The van der Waals surface area contributed by atoms with E-state index in [1.165, 1.54) is 0 Å². The molecule has 0 spiro atoms. The molecule has 20 heavy (non-hydrogen) atoms. The first kappa shape index (κ1) is 13.5. The van der Waals surface area contributed by atoms with E-state index in [0.29, 0.717) is 5.39 Å². The lowest BCUT2D eigenvalue weighted by atomic mass is 9.77. The van der Waals surface area contributed by atoms with Gasteiger partial charge in [-0.25, -0.2) is 0 Å². The molecule has 1 aliphatic rings. The maximum absolute atomic E-state index is 12.1. The molecule has 3 rings (SSSR count).